The van der Waals surface area contributed by atoms with E-state index < -0.39 is 0 Å². The van der Waals surface area contributed by atoms with Crippen LogP contribution in [0.1, 0.15) is 39.5 Å². The molecule has 0 saturated heterocycles. The first-order valence-electron chi connectivity index (χ1n) is 5.70. The van der Waals surface area contributed by atoms with E-state index in [0.29, 0.717) is 0 Å². The Kier molecular flexibility index (Phi) is 9.94. The van der Waals surface area contributed by atoms with E-state index in [1.165, 1.54) is 32.2 Å². The lowest BCUT2D eigenvalue weighted by Gasteiger charge is -2.14. The highest BCUT2D eigenvalue weighted by Gasteiger charge is 2.02. The van der Waals surface area contributed by atoms with Crippen LogP contribution >= 0.6 is 0 Å². The van der Waals surface area contributed by atoms with Crippen molar-refractivity contribution >= 4 is 0 Å². The van der Waals surface area contributed by atoms with E-state index in [1.807, 2.05) is 7.05 Å². The molecule has 0 aromatic carbocycles. The van der Waals surface area contributed by atoms with Crippen LogP contribution in [0.25, 0.3) is 0 Å². The van der Waals surface area contributed by atoms with Gasteiger partial charge in [0.15, 0.2) is 0 Å². The van der Waals surface area contributed by atoms with Crippen LogP contribution in [0.4, 0.5) is 0 Å². The quantitative estimate of drug-likeness (QED) is 0.538. The standard InChI is InChI=1S/C11H26N2/c1-4-7-11(5-2)10-13-9-6-8-12-3/h11-13H,4-10H2,1-3H3. The van der Waals surface area contributed by atoms with Crippen LogP contribution in [0, 0.1) is 5.92 Å². The van der Waals surface area contributed by atoms with Crippen LogP contribution in [0.2, 0.25) is 0 Å². The zero-order chi connectivity index (χ0) is 9.94. The van der Waals surface area contributed by atoms with Crippen LogP contribution in [-0.2, 0) is 0 Å². The van der Waals surface area contributed by atoms with Crippen LogP contribution in [-0.4, -0.2) is 26.7 Å². The predicted molar refractivity (Wildman–Crippen MR) is 60.1 cm³/mol. The molecule has 13 heavy (non-hydrogen) atoms. The van der Waals surface area contributed by atoms with E-state index >= 15 is 0 Å². The molecule has 0 bridgehead atoms. The van der Waals surface area contributed by atoms with Gasteiger partial charge in [0.1, 0.15) is 0 Å². The summed E-state index contributed by atoms with van der Waals surface area (Å²) in [5, 5.41) is 6.67. The average molecular weight is 186 g/mol. The normalized spacial score (nSPS) is 13.2. The van der Waals surface area contributed by atoms with E-state index in [9.17, 15) is 0 Å². The molecule has 0 fully saturated rings. The Morgan fingerprint density at radius 1 is 1.15 bits per heavy atom. The third-order valence-corrected chi connectivity index (χ3v) is 2.49. The molecule has 0 saturated carbocycles. The molecule has 80 valence electrons. The lowest BCUT2D eigenvalue weighted by Crippen LogP contribution is -2.25. The zero-order valence-electron chi connectivity index (χ0n) is 9.53. The Morgan fingerprint density at radius 2 is 1.92 bits per heavy atom. The van der Waals surface area contributed by atoms with Crippen molar-refractivity contribution in [3.63, 3.8) is 0 Å². The maximum atomic E-state index is 3.52. The fraction of sp³-hybridized carbons (Fsp3) is 1.00. The summed E-state index contributed by atoms with van der Waals surface area (Å²) in [7, 11) is 2.01. The van der Waals surface area contributed by atoms with Crippen LogP contribution < -0.4 is 10.6 Å². The van der Waals surface area contributed by atoms with Gasteiger partial charge < -0.3 is 10.6 Å². The zero-order valence-corrected chi connectivity index (χ0v) is 9.53. The molecule has 1 atom stereocenters. The van der Waals surface area contributed by atoms with Crippen molar-refractivity contribution in [3.8, 4) is 0 Å². The molecule has 0 amide bonds. The van der Waals surface area contributed by atoms with Gasteiger partial charge in [0.2, 0.25) is 0 Å². The van der Waals surface area contributed by atoms with Gasteiger partial charge in [-0.1, -0.05) is 26.7 Å². The second-order valence-electron chi connectivity index (χ2n) is 3.72. The molecule has 0 aliphatic carbocycles. The molecular formula is C11H26N2. The highest BCUT2D eigenvalue weighted by Crippen LogP contribution is 2.08. The monoisotopic (exact) mass is 186 g/mol. The molecule has 0 radical (unpaired) electrons. The van der Waals surface area contributed by atoms with Crippen LogP contribution in [0.3, 0.4) is 0 Å². The SMILES string of the molecule is CCCC(CC)CNCCCNC. The van der Waals surface area contributed by atoms with Gasteiger partial charge in [0.25, 0.3) is 0 Å². The summed E-state index contributed by atoms with van der Waals surface area (Å²) in [5.41, 5.74) is 0. The summed E-state index contributed by atoms with van der Waals surface area (Å²) in [5.74, 6) is 0.889. The van der Waals surface area contributed by atoms with Crippen molar-refractivity contribution in [2.45, 2.75) is 39.5 Å². The molecule has 0 heterocycles. The Hall–Kier alpha value is -0.0800. The predicted octanol–water partition coefficient (Wildman–Crippen LogP) is 2.01. The Balaban J connectivity index is 3.17. The van der Waals surface area contributed by atoms with E-state index in [0.717, 1.165) is 19.0 Å². The average Bonchev–Trinajstić information content (AvgIpc) is 2.16. The van der Waals surface area contributed by atoms with E-state index in [-0.39, 0.29) is 0 Å². The van der Waals surface area contributed by atoms with Gasteiger partial charge in [-0.05, 0) is 45.4 Å². The number of hydrogen-bond donors (Lipinski definition) is 2. The summed E-state index contributed by atoms with van der Waals surface area (Å²) >= 11 is 0. The molecule has 0 aromatic heterocycles. The summed E-state index contributed by atoms with van der Waals surface area (Å²) in [4.78, 5) is 0. The van der Waals surface area contributed by atoms with Crippen molar-refractivity contribution in [1.29, 1.82) is 0 Å². The summed E-state index contributed by atoms with van der Waals surface area (Å²) in [6, 6.07) is 0. The Morgan fingerprint density at radius 3 is 2.46 bits per heavy atom. The molecule has 0 rings (SSSR count). The Bertz CT molecular complexity index is 94.1. The highest BCUT2D eigenvalue weighted by molar-refractivity contribution is 4.60. The Labute approximate surface area is 83.5 Å². The minimum Gasteiger partial charge on any atom is -0.320 e. The maximum absolute atomic E-state index is 3.52. The fourth-order valence-electron chi connectivity index (χ4n) is 1.56. The molecule has 0 aliphatic rings. The van der Waals surface area contributed by atoms with E-state index in [1.54, 1.807) is 0 Å². The van der Waals surface area contributed by atoms with Gasteiger partial charge in [-0.3, -0.25) is 0 Å². The first kappa shape index (κ1) is 12.9. The second kappa shape index (κ2) is 10.0. The maximum Gasteiger partial charge on any atom is -0.00206 e. The highest BCUT2D eigenvalue weighted by atomic mass is 14.9. The van der Waals surface area contributed by atoms with Gasteiger partial charge in [0, 0.05) is 0 Å². The lowest BCUT2D eigenvalue weighted by molar-refractivity contribution is 0.427. The molecule has 0 spiro atoms. The lowest BCUT2D eigenvalue weighted by atomic mass is 10.0. The molecule has 1 unspecified atom stereocenters. The van der Waals surface area contributed by atoms with Crippen LogP contribution in [0.5, 0.6) is 0 Å². The third kappa shape index (κ3) is 8.26. The van der Waals surface area contributed by atoms with Crippen molar-refractivity contribution < 1.29 is 0 Å². The number of rotatable bonds is 9. The van der Waals surface area contributed by atoms with Crippen LogP contribution in [0.15, 0.2) is 0 Å². The minimum absolute atomic E-state index is 0.889. The van der Waals surface area contributed by atoms with Gasteiger partial charge in [-0.25, -0.2) is 0 Å². The van der Waals surface area contributed by atoms with Crippen molar-refractivity contribution in [2.75, 3.05) is 26.7 Å². The van der Waals surface area contributed by atoms with Gasteiger partial charge >= 0.3 is 0 Å². The molecule has 0 aromatic rings. The first-order chi connectivity index (χ1) is 6.35. The first-order valence-corrected chi connectivity index (χ1v) is 5.70. The topological polar surface area (TPSA) is 24.1 Å². The smallest absolute Gasteiger partial charge is 0.00206 e. The summed E-state index contributed by atoms with van der Waals surface area (Å²) < 4.78 is 0. The molecule has 2 N–H and O–H groups in total. The fourth-order valence-corrected chi connectivity index (χ4v) is 1.56. The van der Waals surface area contributed by atoms with Crippen molar-refractivity contribution in [2.24, 2.45) is 5.92 Å². The molecule has 0 aliphatic heterocycles. The van der Waals surface area contributed by atoms with Crippen molar-refractivity contribution in [3.05, 3.63) is 0 Å². The number of nitrogens with one attached hydrogen (secondary N) is 2. The summed E-state index contributed by atoms with van der Waals surface area (Å²) in [6.45, 7) is 8.03. The molecular weight excluding hydrogens is 160 g/mol. The third-order valence-electron chi connectivity index (χ3n) is 2.49. The minimum atomic E-state index is 0.889. The largest absolute Gasteiger partial charge is 0.320 e. The van der Waals surface area contributed by atoms with Gasteiger partial charge in [-0.2, -0.15) is 0 Å². The summed E-state index contributed by atoms with van der Waals surface area (Å²) in [6.07, 6.45) is 5.23. The van der Waals surface area contributed by atoms with Gasteiger partial charge in [0.05, 0.1) is 0 Å². The number of hydrogen-bond acceptors (Lipinski definition) is 2. The van der Waals surface area contributed by atoms with E-state index in [2.05, 4.69) is 24.5 Å². The van der Waals surface area contributed by atoms with E-state index in [4.69, 9.17) is 0 Å². The van der Waals surface area contributed by atoms with Gasteiger partial charge in [-0.15, -0.1) is 0 Å². The molecule has 2 heteroatoms. The second-order valence-corrected chi connectivity index (χ2v) is 3.72. The molecule has 2 nitrogen and oxygen atoms in total. The van der Waals surface area contributed by atoms with Crippen molar-refractivity contribution in [1.82, 2.24) is 10.6 Å².